The van der Waals surface area contributed by atoms with E-state index in [1.807, 2.05) is 0 Å². The van der Waals surface area contributed by atoms with Crippen LogP contribution in [0.5, 0.6) is 0 Å². The number of hydrogen-bond acceptors (Lipinski definition) is 0. The van der Waals surface area contributed by atoms with E-state index in [-0.39, 0.29) is 10.8 Å². The molecule has 0 heterocycles. The minimum atomic E-state index is 0.0142. The smallest absolute Gasteiger partial charge is 0.0397 e. The Balaban J connectivity index is 1.15. The summed E-state index contributed by atoms with van der Waals surface area (Å²) in [6.07, 6.45) is 7.34. The topological polar surface area (TPSA) is 0 Å². The van der Waals surface area contributed by atoms with E-state index in [1.165, 1.54) is 90.0 Å². The number of hydrogen-bond donors (Lipinski definition) is 0. The van der Waals surface area contributed by atoms with Gasteiger partial charge in [-0.1, -0.05) is 224 Å². The van der Waals surface area contributed by atoms with Gasteiger partial charge in [0.15, 0.2) is 0 Å². The van der Waals surface area contributed by atoms with E-state index in [0.29, 0.717) is 11.8 Å². The number of rotatable bonds is 10. The Morgan fingerprint density at radius 1 is 0.421 bits per heavy atom. The van der Waals surface area contributed by atoms with Crippen LogP contribution in [0, 0.1) is 0 Å². The van der Waals surface area contributed by atoms with Gasteiger partial charge in [-0.15, -0.1) is 0 Å². The summed E-state index contributed by atoms with van der Waals surface area (Å²) in [5, 5.41) is 0. The van der Waals surface area contributed by atoms with Gasteiger partial charge in [0, 0.05) is 21.4 Å². The Bertz CT molecular complexity index is 2290. The summed E-state index contributed by atoms with van der Waals surface area (Å²) in [7, 11) is 0.870. The van der Waals surface area contributed by atoms with Gasteiger partial charge in [0.05, 0.1) is 0 Å². The molecule has 57 heavy (non-hydrogen) atoms. The summed E-state index contributed by atoms with van der Waals surface area (Å²) in [6.45, 7) is 19.0. The van der Waals surface area contributed by atoms with Crippen LogP contribution < -0.4 is 0 Å². The molecular weight excluding hydrogens is 701 g/mol. The highest BCUT2D eigenvalue weighted by Crippen LogP contribution is 2.52. The third-order valence-electron chi connectivity index (χ3n) is 12.6. The van der Waals surface area contributed by atoms with Gasteiger partial charge in [0.1, 0.15) is 0 Å². The summed E-state index contributed by atoms with van der Waals surface area (Å²) in [4.78, 5) is 0. The molecular formula is C56H58Si. The second-order valence-electron chi connectivity index (χ2n) is 18.2. The fourth-order valence-electron chi connectivity index (χ4n) is 9.68. The maximum atomic E-state index is 2.59. The molecule has 8 rings (SSSR count). The summed E-state index contributed by atoms with van der Waals surface area (Å²) in [5.74, 6) is 0.929. The molecule has 2 radical (unpaired) electrons. The van der Waals surface area contributed by atoms with Gasteiger partial charge in [0.25, 0.3) is 0 Å². The average Bonchev–Trinajstić information content (AvgIpc) is 3.77. The number of fused-ring (bicyclic) bond motifs is 2. The van der Waals surface area contributed by atoms with Crippen molar-refractivity contribution in [1.82, 2.24) is 0 Å². The molecule has 0 saturated heterocycles. The molecule has 1 heteroatoms. The molecule has 2 unspecified atom stereocenters. The van der Waals surface area contributed by atoms with Gasteiger partial charge in [-0.3, -0.25) is 0 Å². The van der Waals surface area contributed by atoms with Crippen molar-refractivity contribution < 1.29 is 0 Å². The molecule has 0 saturated carbocycles. The molecule has 0 spiro atoms. The quantitative estimate of drug-likeness (QED) is 0.122. The van der Waals surface area contributed by atoms with Gasteiger partial charge in [-0.25, -0.2) is 0 Å². The molecule has 6 aromatic carbocycles. The van der Waals surface area contributed by atoms with Crippen LogP contribution in [0.4, 0.5) is 0 Å². The van der Waals surface area contributed by atoms with Crippen LogP contribution in [0.3, 0.4) is 0 Å². The van der Waals surface area contributed by atoms with Crippen molar-refractivity contribution >= 4 is 21.7 Å². The minimum Gasteiger partial charge on any atom is -0.0626 e. The molecule has 2 aliphatic rings. The van der Waals surface area contributed by atoms with Crippen LogP contribution in [0.25, 0.3) is 56.7 Å². The van der Waals surface area contributed by atoms with E-state index in [0.717, 1.165) is 22.4 Å². The maximum absolute atomic E-state index is 2.59. The van der Waals surface area contributed by atoms with Crippen LogP contribution in [0.1, 0.15) is 113 Å². The molecule has 0 N–H and O–H groups in total. The van der Waals surface area contributed by atoms with Crippen molar-refractivity contribution in [1.29, 1.82) is 0 Å². The first-order valence-corrected chi connectivity index (χ1v) is 22.7. The Morgan fingerprint density at radius 3 is 1.12 bits per heavy atom. The van der Waals surface area contributed by atoms with Crippen LogP contribution in [0.2, 0.25) is 12.1 Å². The van der Waals surface area contributed by atoms with Gasteiger partial charge in [0.2, 0.25) is 0 Å². The monoisotopic (exact) mass is 758 g/mol. The number of allylic oxidation sites excluding steroid dienone is 2. The van der Waals surface area contributed by atoms with E-state index in [2.05, 4.69) is 201 Å². The molecule has 2 aliphatic carbocycles. The molecule has 0 aromatic heterocycles. The first-order valence-electron chi connectivity index (χ1n) is 21.3. The SMILES string of the molecule is CCC1=Cc2c(ccc(C(C)(C)C)c2-c2ccccc2-c2ccccc2)C1C[Si]CC1C(CC)=Cc2c1ccc(C(C)(C)C)c2-c1ccccc1-c1ccccc1. The first kappa shape index (κ1) is 38.9. The van der Waals surface area contributed by atoms with E-state index in [4.69, 9.17) is 0 Å². The van der Waals surface area contributed by atoms with Crippen molar-refractivity contribution in [2.45, 2.75) is 103 Å². The highest BCUT2D eigenvalue weighted by Gasteiger charge is 2.34. The standard InChI is InChI=1S/C56H58Si/c1-9-37-33-47-43(29-31-51(55(3,4)5)53(47)45-27-19-17-25-41(45)39-21-13-11-14-22-39)49(37)35-57-36-50-38(10-2)34-48-44(50)30-32-52(56(6,7)8)54(48)46-28-20-18-26-42(46)40-23-15-12-16-24-40/h11-34,49-50H,9-10,35-36H2,1-8H3. The Morgan fingerprint density at radius 2 is 0.772 bits per heavy atom. The fraction of sp³-hybridized carbons (Fsp3) is 0.286. The predicted molar refractivity (Wildman–Crippen MR) is 249 cm³/mol. The molecule has 0 amide bonds. The van der Waals surface area contributed by atoms with Gasteiger partial charge >= 0.3 is 0 Å². The average molecular weight is 759 g/mol. The van der Waals surface area contributed by atoms with Crippen LogP contribution in [0.15, 0.2) is 145 Å². The molecule has 0 fully saturated rings. The second kappa shape index (κ2) is 15.8. The summed E-state index contributed by atoms with van der Waals surface area (Å²) in [6, 6.07) is 52.4. The molecule has 286 valence electrons. The molecule has 2 atom stereocenters. The van der Waals surface area contributed by atoms with Gasteiger partial charge in [-0.2, -0.15) is 0 Å². The number of benzene rings is 6. The van der Waals surface area contributed by atoms with Crippen LogP contribution >= 0.6 is 0 Å². The second-order valence-corrected chi connectivity index (χ2v) is 19.5. The largest absolute Gasteiger partial charge is 0.0626 e. The molecule has 6 aromatic rings. The third kappa shape index (κ3) is 7.36. The van der Waals surface area contributed by atoms with Crippen LogP contribution in [-0.4, -0.2) is 9.52 Å². The van der Waals surface area contributed by atoms with E-state index < -0.39 is 0 Å². The zero-order valence-electron chi connectivity index (χ0n) is 35.3. The van der Waals surface area contributed by atoms with E-state index in [1.54, 1.807) is 11.1 Å². The zero-order valence-corrected chi connectivity index (χ0v) is 36.3. The molecule has 0 bridgehead atoms. The summed E-state index contributed by atoms with van der Waals surface area (Å²) >= 11 is 0. The van der Waals surface area contributed by atoms with Gasteiger partial charge < -0.3 is 0 Å². The highest BCUT2D eigenvalue weighted by molar-refractivity contribution is 6.36. The van der Waals surface area contributed by atoms with Crippen molar-refractivity contribution in [3.8, 4) is 44.5 Å². The third-order valence-corrected chi connectivity index (χ3v) is 13.9. The van der Waals surface area contributed by atoms with Gasteiger partial charge in [-0.05, 0) is 102 Å². The minimum absolute atomic E-state index is 0.0142. The lowest BCUT2D eigenvalue weighted by Crippen LogP contribution is -2.15. The van der Waals surface area contributed by atoms with Crippen molar-refractivity contribution in [3.63, 3.8) is 0 Å². The maximum Gasteiger partial charge on any atom is 0.0397 e. The van der Waals surface area contributed by atoms with E-state index >= 15 is 0 Å². The van der Waals surface area contributed by atoms with Crippen molar-refractivity contribution in [3.05, 3.63) is 178 Å². The Hall–Kier alpha value is -4.98. The van der Waals surface area contributed by atoms with E-state index in [9.17, 15) is 0 Å². The molecule has 0 aliphatic heterocycles. The lowest BCUT2D eigenvalue weighted by atomic mass is 9.77. The lowest BCUT2D eigenvalue weighted by Gasteiger charge is -2.28. The van der Waals surface area contributed by atoms with Crippen LogP contribution in [-0.2, 0) is 10.8 Å². The Kier molecular flexibility index (Phi) is 10.7. The predicted octanol–water partition coefficient (Wildman–Crippen LogP) is 16.0. The zero-order chi connectivity index (χ0) is 39.9. The lowest BCUT2D eigenvalue weighted by molar-refractivity contribution is 0.591. The van der Waals surface area contributed by atoms with Crippen molar-refractivity contribution in [2.75, 3.05) is 0 Å². The summed E-state index contributed by atoms with van der Waals surface area (Å²) in [5.41, 5.74) is 22.8. The fourth-order valence-corrected chi connectivity index (χ4v) is 11.4. The van der Waals surface area contributed by atoms with Crippen molar-refractivity contribution in [2.24, 2.45) is 0 Å². The first-order chi connectivity index (χ1) is 27.5. The Labute approximate surface area is 345 Å². The summed E-state index contributed by atoms with van der Waals surface area (Å²) < 4.78 is 0. The molecule has 0 nitrogen and oxygen atoms in total. The normalized spacial score (nSPS) is 16.3. The highest BCUT2D eigenvalue weighted by atomic mass is 28.2.